The number of nitrogens with zero attached hydrogens (tertiary/aromatic N) is 2. The van der Waals surface area contributed by atoms with Gasteiger partial charge in [-0.1, -0.05) is 0 Å². The van der Waals surface area contributed by atoms with E-state index in [2.05, 4.69) is 207 Å². The van der Waals surface area contributed by atoms with Crippen LogP contribution in [0.25, 0.3) is 0 Å². The Kier molecular flexibility index (Phi) is 10.2. The van der Waals surface area contributed by atoms with Crippen molar-refractivity contribution in [2.75, 3.05) is 30.6 Å². The molecule has 0 saturated heterocycles. The summed E-state index contributed by atoms with van der Waals surface area (Å²) in [5.41, 5.74) is 13.0. The third-order valence-corrected chi connectivity index (χ3v) is 18.5. The van der Waals surface area contributed by atoms with Gasteiger partial charge in [0.25, 0.3) is 0 Å². The average molecular weight is 735 g/mol. The number of rotatable bonds is 4. The maximum atomic E-state index is 2.59. The van der Waals surface area contributed by atoms with Gasteiger partial charge in [0, 0.05) is 0 Å². The molecule has 0 aliphatic carbocycles. The Balaban J connectivity index is 1.64. The number of hydrogen-bond acceptors (Lipinski definition) is 2. The van der Waals surface area contributed by atoms with Crippen LogP contribution in [0.15, 0.2) is 121 Å². The van der Waals surface area contributed by atoms with Gasteiger partial charge in [-0.2, -0.15) is 0 Å². The summed E-state index contributed by atoms with van der Waals surface area (Å²) < 4.78 is 0. The molecule has 0 amide bonds. The second kappa shape index (κ2) is 14.5. The van der Waals surface area contributed by atoms with Crippen LogP contribution in [-0.4, -0.2) is 20.8 Å². The fourth-order valence-electron chi connectivity index (χ4n) is 8.21. The van der Waals surface area contributed by atoms with E-state index in [-0.39, 0.29) is 0 Å². The van der Waals surface area contributed by atoms with Crippen LogP contribution < -0.4 is 41.6 Å². The van der Waals surface area contributed by atoms with Gasteiger partial charge < -0.3 is 0 Å². The van der Waals surface area contributed by atoms with Crippen molar-refractivity contribution in [1.29, 1.82) is 0 Å². The molecule has 0 atom stereocenters. The fourth-order valence-corrected chi connectivity index (χ4v) is 15.4. The predicted octanol–water partition coefficient (Wildman–Crippen LogP) is 10.4. The van der Waals surface area contributed by atoms with Crippen molar-refractivity contribution in [3.8, 4) is 0 Å². The zero-order chi connectivity index (χ0) is 37.8. The van der Waals surface area contributed by atoms with Crippen LogP contribution in [0.2, 0.25) is 0 Å². The van der Waals surface area contributed by atoms with Crippen molar-refractivity contribution >= 4 is 69.8 Å². The van der Waals surface area contributed by atoms with Crippen LogP contribution in [0, 0.1) is 27.7 Å². The van der Waals surface area contributed by atoms with Gasteiger partial charge in [-0.3, -0.25) is 0 Å². The van der Waals surface area contributed by atoms with E-state index in [1.807, 2.05) is 0 Å². The Bertz CT molecular complexity index is 2180. The molecule has 7 rings (SSSR count). The quantitative estimate of drug-likeness (QED) is 0.166. The van der Waals surface area contributed by atoms with Crippen LogP contribution >= 0.6 is 15.2 Å². The Morgan fingerprint density at radius 3 is 1.21 bits per heavy atom. The van der Waals surface area contributed by atoms with Crippen LogP contribution in [0.5, 0.6) is 0 Å². The van der Waals surface area contributed by atoms with E-state index in [0.29, 0.717) is 11.8 Å². The summed E-state index contributed by atoms with van der Waals surface area (Å²) in [6.45, 7) is 20.7. The molecule has 53 heavy (non-hydrogen) atoms. The summed E-state index contributed by atoms with van der Waals surface area (Å²) in [5.74, 6) is 0.960. The van der Waals surface area contributed by atoms with Crippen LogP contribution in [0.3, 0.4) is 0 Å². The van der Waals surface area contributed by atoms with Crippen molar-refractivity contribution in [3.05, 3.63) is 155 Å². The fraction of sp³-hybridized carbons (Fsp3) is 0.265. The number of anilines is 4. The van der Waals surface area contributed by atoms with E-state index >= 15 is 0 Å². The van der Waals surface area contributed by atoms with Crippen molar-refractivity contribution in [2.45, 2.75) is 67.2 Å². The number of benzene rings is 6. The summed E-state index contributed by atoms with van der Waals surface area (Å²) in [7, 11) is 0.988. The topological polar surface area (TPSA) is 6.48 Å². The molecule has 0 spiro atoms. The van der Waals surface area contributed by atoms with Gasteiger partial charge in [-0.25, -0.2) is 0 Å². The van der Waals surface area contributed by atoms with Gasteiger partial charge in [-0.05, 0) is 0 Å². The van der Waals surface area contributed by atoms with Crippen molar-refractivity contribution < 1.29 is 0 Å². The first-order valence-corrected chi connectivity index (χ1v) is 23.0. The summed E-state index contributed by atoms with van der Waals surface area (Å²) in [6, 6.07) is 47.9. The van der Waals surface area contributed by atoms with Crippen LogP contribution in [-0.2, 0) is 0 Å². The normalized spacial score (nSPS) is 15.9. The molecule has 4 heteroatoms. The van der Waals surface area contributed by atoms with Gasteiger partial charge in [0.2, 0.25) is 0 Å². The zero-order valence-electron chi connectivity index (χ0n) is 33.5. The minimum absolute atomic E-state index is 0.479. The maximum absolute atomic E-state index is 2.67. The predicted molar refractivity (Wildman–Crippen MR) is 241 cm³/mol. The average Bonchev–Trinajstić information content (AvgIpc) is 3.14. The number of hydrogen-bond donors (Lipinski definition) is 0. The molecule has 1 aliphatic rings. The molecule has 6 aromatic carbocycles. The second-order valence-electron chi connectivity index (χ2n) is 16.1. The summed E-state index contributed by atoms with van der Waals surface area (Å²) in [5, 5.41) is 8.47. The minimum atomic E-state index is -2.67. The third-order valence-electron chi connectivity index (χ3n) is 11.5. The molecular weight excluding hydrogens is 679 g/mol. The van der Waals surface area contributed by atoms with Gasteiger partial charge in [0.05, 0.1) is 0 Å². The van der Waals surface area contributed by atoms with E-state index in [1.165, 1.54) is 88.0 Å². The molecule has 272 valence electrons. The Morgan fingerprint density at radius 2 is 0.811 bits per heavy atom. The molecular formula is C49H56N2P2. The van der Waals surface area contributed by atoms with Gasteiger partial charge in [0.1, 0.15) is 0 Å². The van der Waals surface area contributed by atoms with Crippen molar-refractivity contribution in [3.63, 3.8) is 0 Å². The van der Waals surface area contributed by atoms with Crippen LogP contribution in [0.1, 0.15) is 72.9 Å². The molecule has 6 aromatic rings. The number of fused-ring (bicyclic) bond motifs is 4. The first-order valence-electron chi connectivity index (χ1n) is 19.2. The first kappa shape index (κ1) is 37.1. The third kappa shape index (κ3) is 6.75. The van der Waals surface area contributed by atoms with E-state index in [1.54, 1.807) is 0 Å². The molecule has 0 unspecified atom stereocenters. The first-order chi connectivity index (χ1) is 25.3. The second-order valence-corrected chi connectivity index (χ2v) is 22.2. The van der Waals surface area contributed by atoms with E-state index in [0.717, 1.165) is 0 Å². The molecule has 0 saturated carbocycles. The molecule has 0 aromatic heterocycles. The Labute approximate surface area is 321 Å². The molecule has 2 nitrogen and oxygen atoms in total. The van der Waals surface area contributed by atoms with Crippen LogP contribution in [0.4, 0.5) is 22.7 Å². The van der Waals surface area contributed by atoms with Gasteiger partial charge >= 0.3 is 322 Å². The molecule has 0 bridgehead atoms. The molecule has 1 heterocycles. The molecule has 0 radical (unpaired) electrons. The van der Waals surface area contributed by atoms with Gasteiger partial charge in [-0.15, -0.1) is 0 Å². The molecule has 1 aliphatic heterocycles. The van der Waals surface area contributed by atoms with E-state index in [9.17, 15) is 0 Å². The molecule has 0 fully saturated rings. The van der Waals surface area contributed by atoms with Crippen molar-refractivity contribution in [1.82, 2.24) is 0 Å². The summed E-state index contributed by atoms with van der Waals surface area (Å²) >= 11 is 0. The monoisotopic (exact) mass is 734 g/mol. The van der Waals surface area contributed by atoms with Gasteiger partial charge in [0.15, 0.2) is 0 Å². The zero-order valence-corrected chi connectivity index (χ0v) is 35.4. The molecule has 0 N–H and O–H groups in total. The van der Waals surface area contributed by atoms with E-state index in [4.69, 9.17) is 0 Å². The number of aryl methyl sites for hydroxylation is 4. The Morgan fingerprint density at radius 1 is 0.453 bits per heavy atom. The standard InChI is InChI=1S/C49H56N2P2/c1-32(2)38-16-20-40(21-17-38)52-46-28-34(5)12-24-42(46)50(9)44-26-14-36(7)30-48(44)53(11,41-22-18-39(19-23-41)33(3)4)49-31-37(8)15-27-45(49)51(10)43-25-13-35(6)29-47(43)52/h12-33,53H,1-11H3. The van der Waals surface area contributed by atoms with Crippen molar-refractivity contribution in [2.24, 2.45) is 0 Å². The summed E-state index contributed by atoms with van der Waals surface area (Å²) in [4.78, 5) is 5.04. The Hall–Kier alpha value is -4.22. The van der Waals surface area contributed by atoms with E-state index < -0.39 is 15.2 Å². The summed E-state index contributed by atoms with van der Waals surface area (Å²) in [6.07, 6.45) is 0. The SMILES string of the molecule is Cc1ccc2c(c1)P(c1ccc(C(C)C)cc1)c1cc(C)ccc1N(C)c1ccc(C)cc1[PH](C)(c1ccc(C(C)C)cc1)c1cc(C)ccc1N2C.